The van der Waals surface area contributed by atoms with Crippen LogP contribution in [0.25, 0.3) is 0 Å². The second kappa shape index (κ2) is 7.79. The normalized spacial score (nSPS) is 15.1. The number of nitrogens with zero attached hydrogens (tertiary/aromatic N) is 6. The average molecular weight is 395 g/mol. The summed E-state index contributed by atoms with van der Waals surface area (Å²) in [5, 5.41) is 11.2. The summed E-state index contributed by atoms with van der Waals surface area (Å²) in [4.78, 5) is 14.4. The zero-order chi connectivity index (χ0) is 19.6. The molecule has 0 unspecified atom stereocenters. The molecule has 0 saturated heterocycles. The number of hydrogen-bond donors (Lipinski definition) is 1. The third kappa shape index (κ3) is 4.04. The van der Waals surface area contributed by atoms with Crippen molar-refractivity contribution in [2.75, 3.05) is 34.2 Å². The van der Waals surface area contributed by atoms with E-state index in [1.807, 2.05) is 16.9 Å². The predicted octanol–water partition coefficient (Wildman–Crippen LogP) is -0.0670. The Morgan fingerprint density at radius 1 is 1.33 bits per heavy atom. The molecule has 0 radical (unpaired) electrons. The highest BCUT2D eigenvalue weighted by atomic mass is 32.2. The summed E-state index contributed by atoms with van der Waals surface area (Å²) in [6, 6.07) is 1.87. The molecule has 11 heteroatoms. The first-order valence-corrected chi connectivity index (χ1v) is 10.2. The van der Waals surface area contributed by atoms with E-state index < -0.39 is 10.2 Å². The summed E-state index contributed by atoms with van der Waals surface area (Å²) in [6.07, 6.45) is 4.86. The van der Waals surface area contributed by atoms with Gasteiger partial charge in [0.15, 0.2) is 5.69 Å². The van der Waals surface area contributed by atoms with Gasteiger partial charge in [-0.2, -0.15) is 27.2 Å². The van der Waals surface area contributed by atoms with E-state index in [1.54, 1.807) is 18.1 Å². The van der Waals surface area contributed by atoms with Crippen LogP contribution in [0.3, 0.4) is 0 Å². The Labute approximate surface area is 158 Å². The quantitative estimate of drug-likeness (QED) is 0.706. The molecular weight excluding hydrogens is 370 g/mol. The van der Waals surface area contributed by atoms with Gasteiger partial charge in [0.05, 0.1) is 12.2 Å². The minimum atomic E-state index is -3.49. The molecule has 10 nitrogen and oxygen atoms in total. The Morgan fingerprint density at radius 2 is 2.11 bits per heavy atom. The Hall–Kier alpha value is -2.24. The van der Waals surface area contributed by atoms with Crippen molar-refractivity contribution >= 4 is 16.1 Å². The third-order valence-corrected chi connectivity index (χ3v) is 6.56. The fourth-order valence-electron chi connectivity index (χ4n) is 3.08. The molecule has 0 saturated carbocycles. The summed E-state index contributed by atoms with van der Waals surface area (Å²) in [5.41, 5.74) is 1.87. The van der Waals surface area contributed by atoms with Crippen LogP contribution in [0.4, 0.5) is 0 Å². The van der Waals surface area contributed by atoms with Crippen LogP contribution in [0.5, 0.6) is 0 Å². The molecule has 0 spiro atoms. The Balaban J connectivity index is 1.63. The number of fused-ring (bicyclic) bond motifs is 1. The van der Waals surface area contributed by atoms with Crippen LogP contribution in [0.1, 0.15) is 28.2 Å². The van der Waals surface area contributed by atoms with Gasteiger partial charge in [-0.1, -0.05) is 0 Å². The second-order valence-corrected chi connectivity index (χ2v) is 8.89. The maximum atomic E-state index is 12.7. The van der Waals surface area contributed by atoms with E-state index >= 15 is 0 Å². The van der Waals surface area contributed by atoms with Gasteiger partial charge in [-0.05, 0) is 18.9 Å². The first-order chi connectivity index (χ1) is 12.8. The standard InChI is InChI=1S/C16H25N7O3S/c1-20(2)27(25,26)23-11-6-13-14(12-23)18-19-15(13)16(24)21(3)8-5-10-22-9-4-7-17-22/h4,7,9H,5-6,8,10-12H2,1-3H3,(H,18,19). The van der Waals surface area contributed by atoms with E-state index in [1.165, 1.54) is 22.7 Å². The topological polar surface area (TPSA) is 107 Å². The maximum absolute atomic E-state index is 12.7. The molecule has 27 heavy (non-hydrogen) atoms. The lowest BCUT2D eigenvalue weighted by atomic mass is 10.1. The van der Waals surface area contributed by atoms with Crippen LogP contribution in [-0.4, -0.2) is 82.0 Å². The second-order valence-electron chi connectivity index (χ2n) is 6.75. The minimum absolute atomic E-state index is 0.156. The lowest BCUT2D eigenvalue weighted by Gasteiger charge is -2.28. The Kier molecular flexibility index (Phi) is 5.63. The van der Waals surface area contributed by atoms with Gasteiger partial charge >= 0.3 is 0 Å². The summed E-state index contributed by atoms with van der Waals surface area (Å²) in [5.74, 6) is -0.156. The molecule has 1 amide bonds. The molecule has 1 aliphatic rings. The van der Waals surface area contributed by atoms with E-state index in [0.717, 1.165) is 18.5 Å². The lowest BCUT2D eigenvalue weighted by molar-refractivity contribution is 0.0784. The first kappa shape index (κ1) is 19.5. The monoisotopic (exact) mass is 395 g/mol. The Morgan fingerprint density at radius 3 is 2.78 bits per heavy atom. The van der Waals surface area contributed by atoms with E-state index in [2.05, 4.69) is 15.3 Å². The van der Waals surface area contributed by atoms with Gasteiger partial charge in [-0.25, -0.2) is 0 Å². The number of amides is 1. The Bertz CT molecular complexity index is 889. The van der Waals surface area contributed by atoms with Crippen molar-refractivity contribution in [1.82, 2.24) is 33.5 Å². The molecule has 0 atom stereocenters. The highest BCUT2D eigenvalue weighted by Crippen LogP contribution is 2.23. The van der Waals surface area contributed by atoms with Crippen molar-refractivity contribution in [3.05, 3.63) is 35.4 Å². The van der Waals surface area contributed by atoms with Crippen LogP contribution in [0.15, 0.2) is 18.5 Å². The molecule has 1 aliphatic heterocycles. The zero-order valence-electron chi connectivity index (χ0n) is 15.8. The van der Waals surface area contributed by atoms with Gasteiger partial charge in [0.1, 0.15) is 0 Å². The minimum Gasteiger partial charge on any atom is -0.340 e. The molecule has 0 aromatic carbocycles. The smallest absolute Gasteiger partial charge is 0.281 e. The van der Waals surface area contributed by atoms with Crippen molar-refractivity contribution in [2.45, 2.75) is 25.9 Å². The van der Waals surface area contributed by atoms with E-state index in [4.69, 9.17) is 0 Å². The highest BCUT2D eigenvalue weighted by Gasteiger charge is 2.32. The average Bonchev–Trinajstić information content (AvgIpc) is 3.29. The van der Waals surface area contributed by atoms with E-state index in [9.17, 15) is 13.2 Å². The van der Waals surface area contributed by atoms with Gasteiger partial charge in [0.2, 0.25) is 0 Å². The van der Waals surface area contributed by atoms with E-state index in [0.29, 0.717) is 30.9 Å². The molecule has 1 N–H and O–H groups in total. The molecule has 148 valence electrons. The van der Waals surface area contributed by atoms with Crippen molar-refractivity contribution in [1.29, 1.82) is 0 Å². The van der Waals surface area contributed by atoms with Gasteiger partial charge < -0.3 is 4.90 Å². The molecule has 0 fully saturated rings. The molecule has 3 rings (SSSR count). The number of nitrogens with one attached hydrogen (secondary N) is 1. The molecule has 2 aromatic heterocycles. The van der Waals surface area contributed by atoms with Crippen molar-refractivity contribution < 1.29 is 13.2 Å². The van der Waals surface area contributed by atoms with Crippen LogP contribution in [-0.2, 0) is 29.7 Å². The molecule has 2 aromatic rings. The van der Waals surface area contributed by atoms with Gasteiger partial charge in [-0.15, -0.1) is 0 Å². The lowest BCUT2D eigenvalue weighted by Crippen LogP contribution is -2.43. The maximum Gasteiger partial charge on any atom is 0.281 e. The fraction of sp³-hybridized carbons (Fsp3) is 0.562. The number of aromatic amines is 1. The third-order valence-electron chi connectivity index (χ3n) is 4.68. The number of rotatable bonds is 7. The summed E-state index contributed by atoms with van der Waals surface area (Å²) < 4.78 is 29.0. The molecule has 0 bridgehead atoms. The number of carbonyl (C=O) groups is 1. The zero-order valence-corrected chi connectivity index (χ0v) is 16.6. The fourth-order valence-corrected chi connectivity index (χ4v) is 4.16. The number of aryl methyl sites for hydroxylation is 1. The van der Waals surface area contributed by atoms with Crippen LogP contribution in [0.2, 0.25) is 0 Å². The number of H-pyrrole nitrogens is 1. The number of hydrogen-bond acceptors (Lipinski definition) is 5. The first-order valence-electron chi connectivity index (χ1n) is 8.77. The van der Waals surface area contributed by atoms with Crippen LogP contribution < -0.4 is 0 Å². The molecule has 3 heterocycles. The van der Waals surface area contributed by atoms with Crippen molar-refractivity contribution in [2.24, 2.45) is 0 Å². The molecular formula is C16H25N7O3S. The van der Waals surface area contributed by atoms with Gasteiger partial charge in [0.25, 0.3) is 16.1 Å². The SMILES string of the molecule is CN(CCCn1cccn1)C(=O)c1n[nH]c2c1CCN(S(=O)(=O)N(C)C)C2. The van der Waals surface area contributed by atoms with Crippen molar-refractivity contribution in [3.8, 4) is 0 Å². The number of carbonyl (C=O) groups excluding carboxylic acids is 1. The van der Waals surface area contributed by atoms with Crippen LogP contribution in [0, 0.1) is 0 Å². The molecule has 0 aliphatic carbocycles. The highest BCUT2D eigenvalue weighted by molar-refractivity contribution is 7.86. The predicted molar refractivity (Wildman–Crippen MR) is 99.1 cm³/mol. The summed E-state index contributed by atoms with van der Waals surface area (Å²) >= 11 is 0. The van der Waals surface area contributed by atoms with E-state index in [-0.39, 0.29) is 12.5 Å². The van der Waals surface area contributed by atoms with Crippen LogP contribution >= 0.6 is 0 Å². The number of aromatic nitrogens is 4. The summed E-state index contributed by atoms with van der Waals surface area (Å²) in [7, 11) is 1.27. The summed E-state index contributed by atoms with van der Waals surface area (Å²) in [6.45, 7) is 1.84. The largest absolute Gasteiger partial charge is 0.340 e. The van der Waals surface area contributed by atoms with Crippen molar-refractivity contribution in [3.63, 3.8) is 0 Å². The van der Waals surface area contributed by atoms with Gasteiger partial charge in [-0.3, -0.25) is 14.6 Å². The van der Waals surface area contributed by atoms with Gasteiger partial charge in [0, 0.05) is 58.7 Å².